The van der Waals surface area contributed by atoms with Gasteiger partial charge in [-0.15, -0.1) is 0 Å². The highest BCUT2D eigenvalue weighted by molar-refractivity contribution is 5.92. The van der Waals surface area contributed by atoms with Gasteiger partial charge in [0.25, 0.3) is 0 Å². The highest BCUT2D eigenvalue weighted by atomic mass is 19.3. The van der Waals surface area contributed by atoms with E-state index < -0.39 is 6.61 Å². The van der Waals surface area contributed by atoms with Crippen LogP contribution in [0.15, 0.2) is 48.5 Å². The maximum atomic E-state index is 12.1. The molecule has 0 saturated heterocycles. The average molecular weight is 348 g/mol. The standard InChI is InChI=1S/C19H22F2N2O2/c1-3-23(4-2)16-9-7-15(8-10-16)22-18(24)13-14-5-11-17(12-6-14)25-19(20)21/h5-12,19H,3-4,13H2,1-2H3,(H,22,24). The summed E-state index contributed by atoms with van der Waals surface area (Å²) in [5, 5.41) is 2.83. The van der Waals surface area contributed by atoms with E-state index in [1.54, 1.807) is 12.1 Å². The van der Waals surface area contributed by atoms with Crippen LogP contribution in [0.3, 0.4) is 0 Å². The molecule has 1 amide bonds. The molecule has 0 fully saturated rings. The first kappa shape index (κ1) is 18.7. The molecule has 0 saturated carbocycles. The summed E-state index contributed by atoms with van der Waals surface area (Å²) < 4.78 is 28.5. The van der Waals surface area contributed by atoms with E-state index in [1.807, 2.05) is 24.3 Å². The van der Waals surface area contributed by atoms with Crippen LogP contribution in [0.1, 0.15) is 19.4 Å². The molecule has 4 nitrogen and oxygen atoms in total. The predicted molar refractivity (Wildman–Crippen MR) is 95.4 cm³/mol. The molecule has 2 aromatic rings. The Kier molecular flexibility index (Phi) is 6.74. The Morgan fingerprint density at radius 1 is 1.04 bits per heavy atom. The second-order valence-electron chi connectivity index (χ2n) is 5.47. The van der Waals surface area contributed by atoms with Gasteiger partial charge < -0.3 is 15.0 Å². The number of hydrogen-bond acceptors (Lipinski definition) is 3. The number of carbonyl (C=O) groups is 1. The number of ether oxygens (including phenoxy) is 1. The molecule has 6 heteroatoms. The Bertz CT molecular complexity index is 669. The third-order valence-electron chi connectivity index (χ3n) is 3.79. The zero-order chi connectivity index (χ0) is 18.2. The normalized spacial score (nSPS) is 10.6. The Hall–Kier alpha value is -2.63. The second-order valence-corrected chi connectivity index (χ2v) is 5.47. The number of nitrogens with zero attached hydrogens (tertiary/aromatic N) is 1. The van der Waals surface area contributed by atoms with E-state index in [0.717, 1.165) is 30.0 Å². The monoisotopic (exact) mass is 348 g/mol. The topological polar surface area (TPSA) is 41.6 Å². The second kappa shape index (κ2) is 9.01. The number of amides is 1. The molecule has 0 bridgehead atoms. The molecule has 25 heavy (non-hydrogen) atoms. The summed E-state index contributed by atoms with van der Waals surface area (Å²) in [5.41, 5.74) is 2.55. The van der Waals surface area contributed by atoms with Crippen molar-refractivity contribution in [2.45, 2.75) is 26.9 Å². The number of carbonyl (C=O) groups excluding carboxylic acids is 1. The number of anilines is 2. The van der Waals surface area contributed by atoms with Gasteiger partial charge in [0.15, 0.2) is 0 Å². The van der Waals surface area contributed by atoms with Crippen LogP contribution in [0.5, 0.6) is 5.75 Å². The lowest BCUT2D eigenvalue weighted by molar-refractivity contribution is -0.115. The highest BCUT2D eigenvalue weighted by Gasteiger charge is 2.07. The van der Waals surface area contributed by atoms with Crippen LogP contribution >= 0.6 is 0 Å². The molecule has 2 rings (SSSR count). The van der Waals surface area contributed by atoms with E-state index in [9.17, 15) is 13.6 Å². The third-order valence-corrected chi connectivity index (χ3v) is 3.79. The van der Waals surface area contributed by atoms with Crippen LogP contribution in [0, 0.1) is 0 Å². The van der Waals surface area contributed by atoms with E-state index in [4.69, 9.17) is 0 Å². The molecular weight excluding hydrogens is 326 g/mol. The zero-order valence-electron chi connectivity index (χ0n) is 14.3. The fourth-order valence-electron chi connectivity index (χ4n) is 2.52. The van der Waals surface area contributed by atoms with Crippen molar-refractivity contribution in [2.75, 3.05) is 23.3 Å². The van der Waals surface area contributed by atoms with Gasteiger partial charge in [-0.25, -0.2) is 0 Å². The first-order valence-corrected chi connectivity index (χ1v) is 8.20. The lowest BCUT2D eigenvalue weighted by Gasteiger charge is -2.21. The van der Waals surface area contributed by atoms with E-state index in [0.29, 0.717) is 0 Å². The third kappa shape index (κ3) is 5.74. The molecule has 0 aliphatic rings. The van der Waals surface area contributed by atoms with E-state index in [-0.39, 0.29) is 18.1 Å². The molecule has 0 unspecified atom stereocenters. The summed E-state index contributed by atoms with van der Waals surface area (Å²) in [6.45, 7) is 3.18. The summed E-state index contributed by atoms with van der Waals surface area (Å²) in [4.78, 5) is 14.3. The molecule has 134 valence electrons. The Labute approximate surface area is 146 Å². The lowest BCUT2D eigenvalue weighted by atomic mass is 10.1. The van der Waals surface area contributed by atoms with Gasteiger partial charge in [0, 0.05) is 24.5 Å². The average Bonchev–Trinajstić information content (AvgIpc) is 2.59. The Morgan fingerprint density at radius 2 is 1.64 bits per heavy atom. The minimum atomic E-state index is -2.85. The van der Waals surface area contributed by atoms with Gasteiger partial charge in [0.1, 0.15) is 5.75 Å². The van der Waals surface area contributed by atoms with Crippen LogP contribution in [0.25, 0.3) is 0 Å². The molecule has 0 spiro atoms. The van der Waals surface area contributed by atoms with E-state index >= 15 is 0 Å². The van der Waals surface area contributed by atoms with Gasteiger partial charge >= 0.3 is 6.61 Å². The summed E-state index contributed by atoms with van der Waals surface area (Å²) >= 11 is 0. The first-order chi connectivity index (χ1) is 12.0. The van der Waals surface area contributed by atoms with Gasteiger partial charge in [0.05, 0.1) is 6.42 Å². The smallest absolute Gasteiger partial charge is 0.387 e. The predicted octanol–water partition coefficient (Wildman–Crippen LogP) is 4.32. The minimum Gasteiger partial charge on any atom is -0.435 e. The van der Waals surface area contributed by atoms with Crippen molar-refractivity contribution < 1.29 is 18.3 Å². The Morgan fingerprint density at radius 3 is 2.16 bits per heavy atom. The summed E-state index contributed by atoms with van der Waals surface area (Å²) in [7, 11) is 0. The van der Waals surface area contributed by atoms with Crippen LogP contribution in [-0.2, 0) is 11.2 Å². The molecular formula is C19H22F2N2O2. The van der Waals surface area contributed by atoms with Gasteiger partial charge in [0.2, 0.25) is 5.91 Å². The van der Waals surface area contributed by atoms with Gasteiger partial charge in [-0.05, 0) is 55.8 Å². The van der Waals surface area contributed by atoms with Crippen LogP contribution in [0.4, 0.5) is 20.2 Å². The highest BCUT2D eigenvalue weighted by Crippen LogP contribution is 2.19. The quantitative estimate of drug-likeness (QED) is 0.773. The summed E-state index contributed by atoms with van der Waals surface area (Å²) in [6, 6.07) is 13.7. The van der Waals surface area contributed by atoms with Gasteiger partial charge in [-0.3, -0.25) is 4.79 Å². The fourth-order valence-corrected chi connectivity index (χ4v) is 2.52. The molecule has 0 aromatic heterocycles. The van der Waals surface area contributed by atoms with E-state index in [1.165, 1.54) is 12.1 Å². The summed E-state index contributed by atoms with van der Waals surface area (Å²) in [6.07, 6.45) is 0.159. The van der Waals surface area contributed by atoms with Crippen molar-refractivity contribution in [3.63, 3.8) is 0 Å². The molecule has 2 aromatic carbocycles. The fraction of sp³-hybridized carbons (Fsp3) is 0.316. The van der Waals surface area contributed by atoms with Gasteiger partial charge in [-0.2, -0.15) is 8.78 Å². The molecule has 0 atom stereocenters. The molecule has 0 radical (unpaired) electrons. The van der Waals surface area contributed by atoms with E-state index in [2.05, 4.69) is 28.8 Å². The number of hydrogen-bond donors (Lipinski definition) is 1. The van der Waals surface area contributed by atoms with Crippen LogP contribution < -0.4 is 15.0 Å². The first-order valence-electron chi connectivity index (χ1n) is 8.20. The van der Waals surface area contributed by atoms with Crippen LogP contribution in [-0.4, -0.2) is 25.6 Å². The maximum absolute atomic E-state index is 12.1. The lowest BCUT2D eigenvalue weighted by Crippen LogP contribution is -2.21. The number of alkyl halides is 2. The van der Waals surface area contributed by atoms with Crippen molar-refractivity contribution in [3.05, 3.63) is 54.1 Å². The van der Waals surface area contributed by atoms with Crippen molar-refractivity contribution in [1.29, 1.82) is 0 Å². The molecule has 1 N–H and O–H groups in total. The minimum absolute atomic E-state index is 0.0751. The number of benzene rings is 2. The zero-order valence-corrected chi connectivity index (χ0v) is 14.3. The number of halogens is 2. The number of nitrogens with one attached hydrogen (secondary N) is 1. The Balaban J connectivity index is 1.91. The SMILES string of the molecule is CCN(CC)c1ccc(NC(=O)Cc2ccc(OC(F)F)cc2)cc1. The molecule has 0 heterocycles. The van der Waals surface area contributed by atoms with Crippen molar-refractivity contribution in [3.8, 4) is 5.75 Å². The van der Waals surface area contributed by atoms with Crippen molar-refractivity contribution >= 4 is 17.3 Å². The van der Waals surface area contributed by atoms with Crippen molar-refractivity contribution in [2.24, 2.45) is 0 Å². The molecule has 0 aliphatic heterocycles. The maximum Gasteiger partial charge on any atom is 0.387 e. The molecule has 0 aliphatic carbocycles. The van der Waals surface area contributed by atoms with Gasteiger partial charge in [-0.1, -0.05) is 12.1 Å². The number of rotatable bonds is 8. The van der Waals surface area contributed by atoms with Crippen molar-refractivity contribution in [1.82, 2.24) is 0 Å². The largest absolute Gasteiger partial charge is 0.435 e. The van der Waals surface area contributed by atoms with Crippen LogP contribution in [0.2, 0.25) is 0 Å². The summed E-state index contributed by atoms with van der Waals surface area (Å²) in [5.74, 6) is -0.0933.